The van der Waals surface area contributed by atoms with Gasteiger partial charge in [-0.05, 0) is 37.0 Å². The summed E-state index contributed by atoms with van der Waals surface area (Å²) in [5, 5.41) is 0. The lowest BCUT2D eigenvalue weighted by Crippen LogP contribution is -2.05. The van der Waals surface area contributed by atoms with Crippen LogP contribution in [0.15, 0.2) is 18.2 Å². The molecule has 0 aliphatic rings. The predicted octanol–water partition coefficient (Wildman–Crippen LogP) is 3.23. The lowest BCUT2D eigenvalue weighted by Gasteiger charge is -2.09. The monoisotopic (exact) mass is 306 g/mol. The minimum atomic E-state index is -0.417. The molecule has 1 rings (SSSR count). The first-order valence-electron chi connectivity index (χ1n) is 7.45. The third kappa shape index (κ3) is 7.57. The van der Waals surface area contributed by atoms with Gasteiger partial charge in [0.25, 0.3) is 0 Å². The van der Waals surface area contributed by atoms with Crippen molar-refractivity contribution in [2.75, 3.05) is 0 Å². The summed E-state index contributed by atoms with van der Waals surface area (Å²) in [7, 11) is 0. The molecule has 1 aromatic rings. The van der Waals surface area contributed by atoms with Gasteiger partial charge < -0.3 is 14.3 Å². The van der Waals surface area contributed by atoms with Crippen LogP contribution in [0.5, 0.6) is 11.5 Å². The molecule has 5 nitrogen and oxygen atoms in total. The number of carbonyl (C=O) groups is 3. The Morgan fingerprint density at radius 1 is 0.909 bits per heavy atom. The van der Waals surface area contributed by atoms with Crippen LogP contribution in [0, 0.1) is 0 Å². The maximum Gasteiger partial charge on any atom is 0.308 e. The zero-order chi connectivity index (χ0) is 16.4. The van der Waals surface area contributed by atoms with Crippen LogP contribution in [0.25, 0.3) is 0 Å². The third-order valence-corrected chi connectivity index (χ3v) is 3.00. The highest BCUT2D eigenvalue weighted by Gasteiger charge is 2.07. The first-order chi connectivity index (χ1) is 10.5. The summed E-state index contributed by atoms with van der Waals surface area (Å²) in [6, 6.07) is 5.08. The van der Waals surface area contributed by atoms with Crippen molar-refractivity contribution >= 4 is 18.2 Å². The van der Waals surface area contributed by atoms with Gasteiger partial charge in [-0.15, -0.1) is 0 Å². The number of esters is 2. The van der Waals surface area contributed by atoms with Crippen molar-refractivity contribution in [3.63, 3.8) is 0 Å². The van der Waals surface area contributed by atoms with Crippen molar-refractivity contribution in [2.24, 2.45) is 0 Å². The van der Waals surface area contributed by atoms with Gasteiger partial charge in [-0.1, -0.05) is 12.8 Å². The van der Waals surface area contributed by atoms with E-state index in [0.29, 0.717) is 17.9 Å². The predicted molar refractivity (Wildman–Crippen MR) is 81.9 cm³/mol. The maximum absolute atomic E-state index is 11.1. The molecule has 0 unspecified atom stereocenters. The molecule has 0 spiro atoms. The van der Waals surface area contributed by atoms with Gasteiger partial charge in [0.1, 0.15) is 17.8 Å². The topological polar surface area (TPSA) is 69.7 Å². The second kappa shape index (κ2) is 9.71. The van der Waals surface area contributed by atoms with Crippen LogP contribution < -0.4 is 9.47 Å². The van der Waals surface area contributed by atoms with Gasteiger partial charge in [-0.25, -0.2) is 0 Å². The van der Waals surface area contributed by atoms with Crippen LogP contribution >= 0.6 is 0 Å². The lowest BCUT2D eigenvalue weighted by molar-refractivity contribution is -0.132. The molecule has 0 radical (unpaired) electrons. The minimum absolute atomic E-state index is 0.377. The van der Waals surface area contributed by atoms with E-state index in [1.165, 1.54) is 19.9 Å². The number of ether oxygens (including phenoxy) is 2. The molecule has 0 aromatic heterocycles. The Morgan fingerprint density at radius 3 is 1.95 bits per heavy atom. The van der Waals surface area contributed by atoms with E-state index in [1.807, 2.05) is 0 Å². The molecule has 0 bridgehead atoms. The summed E-state index contributed by atoms with van der Waals surface area (Å²) in [5.41, 5.74) is 0.949. The summed E-state index contributed by atoms with van der Waals surface area (Å²) >= 11 is 0. The molecule has 0 aliphatic heterocycles. The van der Waals surface area contributed by atoms with E-state index in [-0.39, 0.29) is 0 Å². The van der Waals surface area contributed by atoms with E-state index in [0.717, 1.165) is 44.0 Å². The average Bonchev–Trinajstić information content (AvgIpc) is 2.41. The molecule has 0 fully saturated rings. The van der Waals surface area contributed by atoms with E-state index in [4.69, 9.17) is 9.47 Å². The van der Waals surface area contributed by atoms with Crippen LogP contribution in [0.1, 0.15) is 51.5 Å². The molecular weight excluding hydrogens is 284 g/mol. The Morgan fingerprint density at radius 2 is 1.45 bits per heavy atom. The smallest absolute Gasteiger partial charge is 0.308 e. The molecule has 0 N–H and O–H groups in total. The van der Waals surface area contributed by atoms with E-state index in [2.05, 4.69) is 0 Å². The number of unbranched alkanes of at least 4 members (excludes halogenated alkanes) is 4. The van der Waals surface area contributed by atoms with E-state index < -0.39 is 11.9 Å². The minimum Gasteiger partial charge on any atom is -0.427 e. The number of rotatable bonds is 9. The van der Waals surface area contributed by atoms with Gasteiger partial charge in [0, 0.05) is 26.3 Å². The zero-order valence-corrected chi connectivity index (χ0v) is 13.1. The number of aldehydes is 1. The quantitative estimate of drug-likeness (QED) is 0.303. The van der Waals surface area contributed by atoms with Crippen molar-refractivity contribution in [2.45, 2.75) is 52.4 Å². The normalized spacial score (nSPS) is 10.1. The SMILES string of the molecule is CC(=O)Oc1cc(CCCCCCC=O)cc(OC(C)=O)c1. The summed E-state index contributed by atoms with van der Waals surface area (Å²) < 4.78 is 10.1. The summed E-state index contributed by atoms with van der Waals surface area (Å²) in [5.74, 6) is -0.0796. The van der Waals surface area contributed by atoms with Crippen LogP contribution in [0.2, 0.25) is 0 Å². The van der Waals surface area contributed by atoms with Crippen molar-refractivity contribution in [3.8, 4) is 11.5 Å². The third-order valence-electron chi connectivity index (χ3n) is 3.00. The second-order valence-corrected chi connectivity index (χ2v) is 5.12. The molecule has 120 valence electrons. The molecular formula is C17H22O5. The van der Waals surface area contributed by atoms with Gasteiger partial charge in [-0.3, -0.25) is 9.59 Å². The largest absolute Gasteiger partial charge is 0.427 e. The van der Waals surface area contributed by atoms with Crippen LogP contribution in [0.3, 0.4) is 0 Å². The Kier molecular flexibility index (Phi) is 7.89. The summed E-state index contributed by atoms with van der Waals surface area (Å²) in [4.78, 5) is 32.3. The summed E-state index contributed by atoms with van der Waals surface area (Å²) in [6.45, 7) is 2.65. The van der Waals surface area contributed by atoms with Gasteiger partial charge >= 0.3 is 11.9 Å². The maximum atomic E-state index is 11.1. The van der Waals surface area contributed by atoms with Gasteiger partial charge in [0.2, 0.25) is 0 Å². The Balaban J connectivity index is 2.64. The highest BCUT2D eigenvalue weighted by molar-refractivity contribution is 5.71. The number of hydrogen-bond acceptors (Lipinski definition) is 5. The van der Waals surface area contributed by atoms with E-state index >= 15 is 0 Å². The Labute approximate surface area is 130 Å². The fourth-order valence-corrected chi connectivity index (χ4v) is 2.14. The van der Waals surface area contributed by atoms with E-state index in [1.54, 1.807) is 12.1 Å². The fourth-order valence-electron chi connectivity index (χ4n) is 2.14. The molecule has 1 aromatic carbocycles. The summed E-state index contributed by atoms with van der Waals surface area (Å²) in [6.07, 6.45) is 6.25. The molecule has 0 saturated heterocycles. The van der Waals surface area contributed by atoms with Gasteiger partial charge in [0.05, 0.1) is 0 Å². The highest BCUT2D eigenvalue weighted by atomic mass is 16.5. The van der Waals surface area contributed by atoms with Gasteiger partial charge in [-0.2, -0.15) is 0 Å². The molecule has 22 heavy (non-hydrogen) atoms. The molecule has 5 heteroatoms. The molecule has 0 saturated carbocycles. The first kappa shape index (κ1) is 17.9. The first-order valence-corrected chi connectivity index (χ1v) is 7.45. The standard InChI is InChI=1S/C17H22O5/c1-13(19)21-16-10-15(8-6-4-3-5-7-9-18)11-17(12-16)22-14(2)20/h9-12H,3-8H2,1-2H3. The Bertz CT molecular complexity index is 488. The van der Waals surface area contributed by atoms with Gasteiger partial charge in [0.15, 0.2) is 0 Å². The Hall–Kier alpha value is -2.17. The fraction of sp³-hybridized carbons (Fsp3) is 0.471. The number of hydrogen-bond donors (Lipinski definition) is 0. The highest BCUT2D eigenvalue weighted by Crippen LogP contribution is 2.24. The van der Waals surface area contributed by atoms with Crippen molar-refractivity contribution in [1.29, 1.82) is 0 Å². The van der Waals surface area contributed by atoms with Crippen molar-refractivity contribution in [3.05, 3.63) is 23.8 Å². The zero-order valence-electron chi connectivity index (χ0n) is 13.1. The number of carbonyl (C=O) groups excluding carboxylic acids is 3. The molecule has 0 aliphatic carbocycles. The van der Waals surface area contributed by atoms with Crippen LogP contribution in [0.4, 0.5) is 0 Å². The van der Waals surface area contributed by atoms with Crippen molar-refractivity contribution < 1.29 is 23.9 Å². The number of benzene rings is 1. The van der Waals surface area contributed by atoms with Crippen LogP contribution in [-0.2, 0) is 20.8 Å². The molecule has 0 heterocycles. The van der Waals surface area contributed by atoms with Crippen molar-refractivity contribution in [1.82, 2.24) is 0 Å². The van der Waals surface area contributed by atoms with Crippen LogP contribution in [-0.4, -0.2) is 18.2 Å². The number of aryl methyl sites for hydroxylation is 1. The average molecular weight is 306 g/mol. The lowest BCUT2D eigenvalue weighted by atomic mass is 10.0. The molecule has 0 amide bonds. The second-order valence-electron chi connectivity index (χ2n) is 5.12. The molecule has 0 atom stereocenters. The van der Waals surface area contributed by atoms with E-state index in [9.17, 15) is 14.4 Å².